The molecule has 0 spiro atoms. The average molecular weight is 313 g/mol. The predicted molar refractivity (Wildman–Crippen MR) is 72.1 cm³/mol. The minimum Gasteiger partial charge on any atom is -0.388 e. The summed E-state index contributed by atoms with van der Waals surface area (Å²) >= 11 is 9.23. The van der Waals surface area contributed by atoms with Crippen molar-refractivity contribution >= 4 is 27.5 Å². The van der Waals surface area contributed by atoms with Crippen LogP contribution in [0.4, 0.5) is 0 Å². The second kappa shape index (κ2) is 5.63. The lowest BCUT2D eigenvalue weighted by Crippen LogP contribution is -2.02. The molecule has 4 heteroatoms. The van der Waals surface area contributed by atoms with Gasteiger partial charge in [0.25, 0.3) is 0 Å². The molecule has 2 rings (SSSR count). The van der Waals surface area contributed by atoms with Crippen molar-refractivity contribution in [3.8, 4) is 0 Å². The quantitative estimate of drug-likeness (QED) is 0.936. The third kappa shape index (κ3) is 3.53. The summed E-state index contributed by atoms with van der Waals surface area (Å²) in [7, 11) is 0. The number of aliphatic hydroxyl groups excluding tert-OH is 1. The van der Waals surface area contributed by atoms with Crippen LogP contribution in [-0.4, -0.2) is 10.1 Å². The summed E-state index contributed by atoms with van der Waals surface area (Å²) in [6.45, 7) is 0. The second-order valence-corrected chi connectivity index (χ2v) is 5.14. The first-order valence-corrected chi connectivity index (χ1v) is 6.35. The number of pyridine rings is 1. The molecule has 0 bridgehead atoms. The van der Waals surface area contributed by atoms with Crippen LogP contribution in [0.2, 0.25) is 5.02 Å². The Balaban J connectivity index is 2.14. The van der Waals surface area contributed by atoms with Crippen molar-refractivity contribution in [1.82, 2.24) is 4.98 Å². The van der Waals surface area contributed by atoms with Crippen LogP contribution < -0.4 is 0 Å². The molecule has 1 aromatic heterocycles. The van der Waals surface area contributed by atoms with Gasteiger partial charge in [-0.2, -0.15) is 0 Å². The van der Waals surface area contributed by atoms with Crippen LogP contribution in [-0.2, 0) is 6.42 Å². The molecule has 0 saturated carbocycles. The van der Waals surface area contributed by atoms with E-state index >= 15 is 0 Å². The molecular weight excluding hydrogens is 302 g/mol. The molecule has 1 aromatic carbocycles. The third-order valence-electron chi connectivity index (χ3n) is 2.43. The van der Waals surface area contributed by atoms with Gasteiger partial charge in [-0.1, -0.05) is 23.7 Å². The summed E-state index contributed by atoms with van der Waals surface area (Å²) in [4.78, 5) is 4.03. The highest BCUT2D eigenvalue weighted by Gasteiger charge is 2.09. The largest absolute Gasteiger partial charge is 0.388 e. The van der Waals surface area contributed by atoms with Gasteiger partial charge in [0.2, 0.25) is 0 Å². The zero-order valence-electron chi connectivity index (χ0n) is 8.98. The number of nitrogens with zero attached hydrogens (tertiary/aromatic N) is 1. The maximum Gasteiger partial charge on any atom is 0.0845 e. The van der Waals surface area contributed by atoms with Crippen LogP contribution >= 0.6 is 27.5 Å². The molecule has 0 aliphatic carbocycles. The van der Waals surface area contributed by atoms with Crippen molar-refractivity contribution in [3.05, 3.63) is 63.3 Å². The standard InChI is InChI=1S/C13H11BrClNO/c14-11-6-10(7-16-8-11)13(17)5-9-2-1-3-12(15)4-9/h1-4,6-8,13,17H,5H2. The lowest BCUT2D eigenvalue weighted by Gasteiger charge is -2.11. The molecule has 0 amide bonds. The van der Waals surface area contributed by atoms with Crippen LogP contribution in [0, 0.1) is 0 Å². The first kappa shape index (κ1) is 12.6. The molecule has 2 nitrogen and oxygen atoms in total. The summed E-state index contributed by atoms with van der Waals surface area (Å²) in [6, 6.07) is 9.36. The van der Waals surface area contributed by atoms with Gasteiger partial charge in [0, 0.05) is 33.9 Å². The normalized spacial score (nSPS) is 12.4. The van der Waals surface area contributed by atoms with Gasteiger partial charge in [-0.05, 0) is 39.7 Å². The Labute approximate surface area is 113 Å². The lowest BCUT2D eigenvalue weighted by molar-refractivity contribution is 0.178. The van der Waals surface area contributed by atoms with E-state index in [1.54, 1.807) is 12.4 Å². The predicted octanol–water partition coefficient (Wildman–Crippen LogP) is 3.77. The van der Waals surface area contributed by atoms with Gasteiger partial charge in [0.1, 0.15) is 0 Å². The fourth-order valence-corrected chi connectivity index (χ4v) is 2.21. The Morgan fingerprint density at radius 1 is 1.29 bits per heavy atom. The molecule has 88 valence electrons. The first-order chi connectivity index (χ1) is 8.15. The highest BCUT2D eigenvalue weighted by Crippen LogP contribution is 2.21. The van der Waals surface area contributed by atoms with E-state index < -0.39 is 6.10 Å². The maximum absolute atomic E-state index is 10.1. The van der Waals surface area contributed by atoms with E-state index in [9.17, 15) is 5.11 Å². The number of benzene rings is 1. The molecule has 2 aromatic rings. The third-order valence-corrected chi connectivity index (χ3v) is 3.10. The zero-order valence-corrected chi connectivity index (χ0v) is 11.3. The number of halogens is 2. The SMILES string of the molecule is OC(Cc1cccc(Cl)c1)c1cncc(Br)c1. The molecule has 0 aliphatic heterocycles. The number of aromatic nitrogens is 1. The van der Waals surface area contributed by atoms with Crippen molar-refractivity contribution in [2.24, 2.45) is 0 Å². The van der Waals surface area contributed by atoms with Gasteiger partial charge in [-0.25, -0.2) is 0 Å². The highest BCUT2D eigenvalue weighted by molar-refractivity contribution is 9.10. The van der Waals surface area contributed by atoms with Gasteiger partial charge < -0.3 is 5.11 Å². The molecule has 0 radical (unpaired) electrons. The Hall–Kier alpha value is -0.900. The smallest absolute Gasteiger partial charge is 0.0845 e. The van der Waals surface area contributed by atoms with E-state index in [2.05, 4.69) is 20.9 Å². The summed E-state index contributed by atoms with van der Waals surface area (Å²) < 4.78 is 0.861. The molecular formula is C13H11BrClNO. The Kier molecular flexibility index (Phi) is 4.15. The van der Waals surface area contributed by atoms with Crippen LogP contribution in [0.1, 0.15) is 17.2 Å². The molecule has 0 fully saturated rings. The topological polar surface area (TPSA) is 33.1 Å². The highest BCUT2D eigenvalue weighted by atomic mass is 79.9. The lowest BCUT2D eigenvalue weighted by atomic mass is 10.0. The number of hydrogen-bond donors (Lipinski definition) is 1. The van der Waals surface area contributed by atoms with Crippen molar-refractivity contribution in [1.29, 1.82) is 0 Å². The van der Waals surface area contributed by atoms with E-state index in [1.807, 2.05) is 30.3 Å². The van der Waals surface area contributed by atoms with Crippen molar-refractivity contribution in [3.63, 3.8) is 0 Å². The van der Waals surface area contributed by atoms with E-state index in [0.29, 0.717) is 11.4 Å². The van der Waals surface area contributed by atoms with Crippen LogP contribution in [0.3, 0.4) is 0 Å². The Morgan fingerprint density at radius 2 is 2.12 bits per heavy atom. The van der Waals surface area contributed by atoms with Gasteiger partial charge in [-0.15, -0.1) is 0 Å². The monoisotopic (exact) mass is 311 g/mol. The minimum atomic E-state index is -0.571. The van der Waals surface area contributed by atoms with Crippen molar-refractivity contribution in [2.75, 3.05) is 0 Å². The van der Waals surface area contributed by atoms with E-state index in [0.717, 1.165) is 15.6 Å². The summed E-state index contributed by atoms with van der Waals surface area (Å²) in [5, 5.41) is 10.8. The number of hydrogen-bond acceptors (Lipinski definition) is 2. The molecule has 17 heavy (non-hydrogen) atoms. The van der Waals surface area contributed by atoms with E-state index in [-0.39, 0.29) is 0 Å². The van der Waals surface area contributed by atoms with Gasteiger partial charge in [-0.3, -0.25) is 4.98 Å². The fourth-order valence-electron chi connectivity index (χ4n) is 1.62. The van der Waals surface area contributed by atoms with Crippen LogP contribution in [0.25, 0.3) is 0 Å². The molecule has 0 saturated heterocycles. The van der Waals surface area contributed by atoms with E-state index in [4.69, 9.17) is 11.6 Å². The average Bonchev–Trinajstić information content (AvgIpc) is 2.29. The minimum absolute atomic E-state index is 0.526. The molecule has 1 heterocycles. The molecule has 1 N–H and O–H groups in total. The molecule has 1 atom stereocenters. The maximum atomic E-state index is 10.1. The van der Waals surface area contributed by atoms with Crippen molar-refractivity contribution < 1.29 is 5.11 Å². The van der Waals surface area contributed by atoms with Crippen LogP contribution in [0.5, 0.6) is 0 Å². The van der Waals surface area contributed by atoms with E-state index in [1.165, 1.54) is 0 Å². The van der Waals surface area contributed by atoms with Gasteiger partial charge >= 0.3 is 0 Å². The summed E-state index contributed by atoms with van der Waals surface area (Å²) in [5.74, 6) is 0. The summed E-state index contributed by atoms with van der Waals surface area (Å²) in [6.07, 6.45) is 3.31. The van der Waals surface area contributed by atoms with Gasteiger partial charge in [0.15, 0.2) is 0 Å². The van der Waals surface area contributed by atoms with Crippen molar-refractivity contribution in [2.45, 2.75) is 12.5 Å². The first-order valence-electron chi connectivity index (χ1n) is 5.18. The number of rotatable bonds is 3. The molecule has 0 aliphatic rings. The molecule has 1 unspecified atom stereocenters. The van der Waals surface area contributed by atoms with Crippen LogP contribution in [0.15, 0.2) is 47.2 Å². The summed E-state index contributed by atoms with van der Waals surface area (Å²) in [5.41, 5.74) is 1.80. The number of aliphatic hydroxyl groups is 1. The fraction of sp³-hybridized carbons (Fsp3) is 0.154. The Bertz CT molecular complexity index is 518. The zero-order chi connectivity index (χ0) is 12.3. The second-order valence-electron chi connectivity index (χ2n) is 3.79. The van der Waals surface area contributed by atoms with Gasteiger partial charge in [0.05, 0.1) is 6.10 Å². The Morgan fingerprint density at radius 3 is 2.82 bits per heavy atom.